The molecule has 0 aliphatic carbocycles. The van der Waals surface area contributed by atoms with Crippen LogP contribution >= 0.6 is 11.6 Å². The number of fused-ring (bicyclic) bond motifs is 2. The number of aromatic nitrogens is 1. The second-order valence-corrected chi connectivity index (χ2v) is 6.62. The Labute approximate surface area is 160 Å². The molecule has 0 fully saturated rings. The summed E-state index contributed by atoms with van der Waals surface area (Å²) in [6, 6.07) is 16.8. The largest absolute Gasteiger partial charge is 0.497 e. The number of hydrogen-bond donors (Lipinski definition) is 1. The molecule has 0 saturated heterocycles. The molecular weight excluding hydrogens is 364 g/mol. The van der Waals surface area contributed by atoms with E-state index in [4.69, 9.17) is 20.8 Å². The smallest absolute Gasteiger partial charge is 0.287 e. The van der Waals surface area contributed by atoms with E-state index in [0.717, 1.165) is 27.6 Å². The highest BCUT2D eigenvalue weighted by molar-refractivity contribution is 6.30. The molecule has 2 heterocycles. The molecule has 6 heteroatoms. The first kappa shape index (κ1) is 17.4. The van der Waals surface area contributed by atoms with E-state index in [2.05, 4.69) is 10.3 Å². The number of furan rings is 1. The molecular formula is C21H17ClN2O3. The number of amides is 1. The number of rotatable bonds is 5. The normalized spacial score (nSPS) is 11.0. The molecule has 2 aromatic carbocycles. The van der Waals surface area contributed by atoms with Gasteiger partial charge >= 0.3 is 0 Å². The summed E-state index contributed by atoms with van der Waals surface area (Å²) in [6.07, 6.45) is 0.713. The third-order valence-electron chi connectivity index (χ3n) is 4.34. The molecule has 136 valence electrons. The number of ether oxygens (including phenoxy) is 1. The van der Waals surface area contributed by atoms with Crippen LogP contribution in [0.5, 0.6) is 5.75 Å². The Kier molecular flexibility index (Phi) is 4.69. The minimum Gasteiger partial charge on any atom is -0.497 e. The van der Waals surface area contributed by atoms with Crippen molar-refractivity contribution in [3.05, 3.63) is 70.9 Å². The third-order valence-corrected chi connectivity index (χ3v) is 4.60. The minimum atomic E-state index is -0.261. The quantitative estimate of drug-likeness (QED) is 0.549. The van der Waals surface area contributed by atoms with Gasteiger partial charge in [0.05, 0.1) is 12.6 Å². The lowest BCUT2D eigenvalue weighted by Gasteiger charge is -2.03. The zero-order chi connectivity index (χ0) is 18.8. The van der Waals surface area contributed by atoms with E-state index in [-0.39, 0.29) is 11.7 Å². The summed E-state index contributed by atoms with van der Waals surface area (Å²) >= 11 is 5.88. The molecule has 0 aliphatic rings. The van der Waals surface area contributed by atoms with Crippen molar-refractivity contribution in [3.8, 4) is 5.75 Å². The molecule has 0 radical (unpaired) electrons. The summed E-state index contributed by atoms with van der Waals surface area (Å²) in [5, 5.41) is 5.27. The number of hydrogen-bond acceptors (Lipinski definition) is 4. The molecule has 0 saturated carbocycles. The second-order valence-electron chi connectivity index (χ2n) is 6.18. The average Bonchev–Trinajstić information content (AvgIpc) is 3.10. The van der Waals surface area contributed by atoms with E-state index >= 15 is 0 Å². The summed E-state index contributed by atoms with van der Waals surface area (Å²) in [5.74, 6) is 0.742. The van der Waals surface area contributed by atoms with Crippen LogP contribution in [0, 0.1) is 0 Å². The maximum Gasteiger partial charge on any atom is 0.287 e. The van der Waals surface area contributed by atoms with E-state index in [1.807, 2.05) is 48.5 Å². The topological polar surface area (TPSA) is 64.4 Å². The molecule has 0 unspecified atom stereocenters. The fourth-order valence-electron chi connectivity index (χ4n) is 2.91. The van der Waals surface area contributed by atoms with Gasteiger partial charge in [-0.25, -0.2) is 4.98 Å². The molecule has 2 aromatic heterocycles. The number of pyridine rings is 1. The summed E-state index contributed by atoms with van der Waals surface area (Å²) < 4.78 is 10.9. The van der Waals surface area contributed by atoms with Crippen LogP contribution in [0.4, 0.5) is 0 Å². The molecule has 4 aromatic rings. The summed E-state index contributed by atoms with van der Waals surface area (Å²) in [5.41, 5.74) is 2.33. The zero-order valence-electron chi connectivity index (χ0n) is 14.7. The molecule has 4 rings (SSSR count). The number of carbonyl (C=O) groups is 1. The van der Waals surface area contributed by atoms with Gasteiger partial charge in [-0.15, -0.1) is 0 Å². The monoisotopic (exact) mass is 380 g/mol. The predicted molar refractivity (Wildman–Crippen MR) is 106 cm³/mol. The molecule has 0 aliphatic heterocycles. The lowest BCUT2D eigenvalue weighted by Crippen LogP contribution is -2.25. The highest BCUT2D eigenvalue weighted by Gasteiger charge is 2.13. The van der Waals surface area contributed by atoms with Gasteiger partial charge in [0.1, 0.15) is 5.75 Å². The Morgan fingerprint density at radius 1 is 1.11 bits per heavy atom. The number of halogens is 1. The maximum absolute atomic E-state index is 12.4. The summed E-state index contributed by atoms with van der Waals surface area (Å²) in [7, 11) is 1.62. The van der Waals surface area contributed by atoms with Crippen LogP contribution in [0.25, 0.3) is 22.0 Å². The molecule has 1 N–H and O–H groups in total. The van der Waals surface area contributed by atoms with E-state index in [1.54, 1.807) is 13.2 Å². The van der Waals surface area contributed by atoms with Crippen LogP contribution in [-0.4, -0.2) is 24.5 Å². The van der Waals surface area contributed by atoms with Crippen molar-refractivity contribution >= 4 is 39.5 Å². The zero-order valence-corrected chi connectivity index (χ0v) is 15.4. The molecule has 0 atom stereocenters. The van der Waals surface area contributed by atoms with E-state index < -0.39 is 0 Å². The van der Waals surface area contributed by atoms with Crippen LogP contribution < -0.4 is 10.1 Å². The standard InChI is InChI=1S/C21H17ClN2O3/c1-26-17-6-7-18-14(11-17)10-15-12-19(27-21(15)24-18)20(25)23-9-8-13-2-4-16(22)5-3-13/h2-7,10-12H,8-9H2,1H3,(H,23,25). The van der Waals surface area contributed by atoms with Gasteiger partial charge < -0.3 is 14.5 Å². The van der Waals surface area contributed by atoms with Crippen LogP contribution in [-0.2, 0) is 6.42 Å². The molecule has 5 nitrogen and oxygen atoms in total. The number of carbonyl (C=O) groups excluding carboxylic acids is 1. The van der Waals surface area contributed by atoms with Crippen LogP contribution in [0.15, 0.2) is 59.0 Å². The minimum absolute atomic E-state index is 0.246. The second kappa shape index (κ2) is 7.29. The van der Waals surface area contributed by atoms with Crippen molar-refractivity contribution in [2.45, 2.75) is 6.42 Å². The number of nitrogens with one attached hydrogen (secondary N) is 1. The van der Waals surface area contributed by atoms with E-state index in [9.17, 15) is 4.79 Å². The van der Waals surface area contributed by atoms with Crippen LogP contribution in [0.3, 0.4) is 0 Å². The van der Waals surface area contributed by atoms with Gasteiger partial charge in [-0.2, -0.15) is 0 Å². The number of nitrogens with zero attached hydrogens (tertiary/aromatic N) is 1. The number of methoxy groups -OCH3 is 1. The molecule has 1 amide bonds. The highest BCUT2D eigenvalue weighted by Crippen LogP contribution is 2.25. The van der Waals surface area contributed by atoms with Crippen molar-refractivity contribution < 1.29 is 13.9 Å². The van der Waals surface area contributed by atoms with Crippen molar-refractivity contribution in [1.29, 1.82) is 0 Å². The first-order chi connectivity index (χ1) is 13.1. The lowest BCUT2D eigenvalue weighted by molar-refractivity contribution is 0.0928. The van der Waals surface area contributed by atoms with Crippen molar-refractivity contribution in [2.75, 3.05) is 13.7 Å². The summed E-state index contributed by atoms with van der Waals surface area (Å²) in [6.45, 7) is 0.504. The Hall–Kier alpha value is -3.05. The Morgan fingerprint density at radius 2 is 1.93 bits per heavy atom. The van der Waals surface area contributed by atoms with E-state index in [1.165, 1.54) is 0 Å². The lowest BCUT2D eigenvalue weighted by atomic mass is 10.1. The fraction of sp³-hybridized carbons (Fsp3) is 0.143. The SMILES string of the molecule is COc1ccc2nc3oc(C(=O)NCCc4ccc(Cl)cc4)cc3cc2c1. The van der Waals surface area contributed by atoms with Crippen LogP contribution in [0.1, 0.15) is 16.1 Å². The predicted octanol–water partition coefficient (Wildman–Crippen LogP) is 4.62. The summed E-state index contributed by atoms with van der Waals surface area (Å²) in [4.78, 5) is 16.9. The Bertz CT molecular complexity index is 1120. The molecule has 27 heavy (non-hydrogen) atoms. The van der Waals surface area contributed by atoms with Gasteiger partial charge in [0.25, 0.3) is 5.91 Å². The van der Waals surface area contributed by atoms with Crippen molar-refractivity contribution in [2.24, 2.45) is 0 Å². The van der Waals surface area contributed by atoms with Gasteiger partial charge in [0.15, 0.2) is 5.76 Å². The van der Waals surface area contributed by atoms with Gasteiger partial charge in [-0.3, -0.25) is 4.79 Å². The first-order valence-electron chi connectivity index (χ1n) is 8.53. The van der Waals surface area contributed by atoms with Gasteiger partial charge in [-0.05, 0) is 54.4 Å². The molecule has 0 spiro atoms. The first-order valence-corrected chi connectivity index (χ1v) is 8.91. The van der Waals surface area contributed by atoms with Crippen molar-refractivity contribution in [1.82, 2.24) is 10.3 Å². The van der Waals surface area contributed by atoms with E-state index in [0.29, 0.717) is 23.7 Å². The average molecular weight is 381 g/mol. The Balaban J connectivity index is 1.49. The van der Waals surface area contributed by atoms with Crippen LogP contribution in [0.2, 0.25) is 5.02 Å². The van der Waals surface area contributed by atoms with Crippen molar-refractivity contribution in [3.63, 3.8) is 0 Å². The number of benzene rings is 2. The maximum atomic E-state index is 12.4. The fourth-order valence-corrected chi connectivity index (χ4v) is 3.04. The Morgan fingerprint density at radius 3 is 2.70 bits per heavy atom. The van der Waals surface area contributed by atoms with Gasteiger partial charge in [-0.1, -0.05) is 23.7 Å². The van der Waals surface area contributed by atoms with Gasteiger partial charge in [0, 0.05) is 22.3 Å². The third kappa shape index (κ3) is 3.73. The highest BCUT2D eigenvalue weighted by atomic mass is 35.5. The van der Waals surface area contributed by atoms with Gasteiger partial charge in [0.2, 0.25) is 5.71 Å². The molecule has 0 bridgehead atoms.